The topological polar surface area (TPSA) is 110 Å². The summed E-state index contributed by atoms with van der Waals surface area (Å²) < 4.78 is 68.5. The molecule has 0 unspecified atom stereocenters. The van der Waals surface area contributed by atoms with Gasteiger partial charge in [0.1, 0.15) is 17.4 Å². The lowest BCUT2D eigenvalue weighted by molar-refractivity contribution is -0.143. The summed E-state index contributed by atoms with van der Waals surface area (Å²) in [4.78, 5) is 25.3. The third kappa shape index (κ3) is 7.08. The van der Waals surface area contributed by atoms with Crippen LogP contribution < -0.4 is 4.18 Å². The first kappa shape index (κ1) is 25.5. The second kappa shape index (κ2) is 9.11. The lowest BCUT2D eigenvalue weighted by Gasteiger charge is -2.34. The maximum atomic E-state index is 12.5. The van der Waals surface area contributed by atoms with Gasteiger partial charge in [-0.05, 0) is 52.3 Å². The summed E-state index contributed by atoms with van der Waals surface area (Å²) in [5.41, 5.74) is -6.10. The number of carboxylic acids is 1. The van der Waals surface area contributed by atoms with Crippen LogP contribution in [0, 0.1) is 0 Å². The smallest absolute Gasteiger partial charge is 0.480 e. The number of amides is 1. The summed E-state index contributed by atoms with van der Waals surface area (Å²) >= 11 is 0. The van der Waals surface area contributed by atoms with Crippen molar-refractivity contribution in [1.29, 1.82) is 0 Å². The van der Waals surface area contributed by atoms with Gasteiger partial charge in [-0.3, -0.25) is 4.90 Å². The van der Waals surface area contributed by atoms with E-state index in [-0.39, 0.29) is 6.42 Å². The number of carbonyl (C=O) groups excluding carboxylic acids is 1. The fraction of sp³-hybridized carbons (Fsp3) is 0.556. The fourth-order valence-corrected chi connectivity index (χ4v) is 2.85. The Bertz CT molecular complexity index is 859. The molecule has 8 nitrogen and oxygen atoms in total. The zero-order chi connectivity index (χ0) is 23.5. The van der Waals surface area contributed by atoms with Gasteiger partial charge in [0.25, 0.3) is 0 Å². The minimum absolute atomic E-state index is 0.195. The number of hydrogen-bond donors (Lipinski definition) is 1. The first-order valence-electron chi connectivity index (χ1n) is 8.78. The second-order valence-corrected chi connectivity index (χ2v) is 9.20. The van der Waals surface area contributed by atoms with Crippen molar-refractivity contribution in [2.75, 3.05) is 0 Å². The maximum Gasteiger partial charge on any atom is 0.534 e. The van der Waals surface area contributed by atoms with E-state index in [4.69, 9.17) is 4.74 Å². The van der Waals surface area contributed by atoms with Gasteiger partial charge in [-0.2, -0.15) is 21.6 Å². The van der Waals surface area contributed by atoms with Gasteiger partial charge in [-0.25, -0.2) is 9.59 Å². The molecule has 12 heteroatoms. The largest absolute Gasteiger partial charge is 0.534 e. The van der Waals surface area contributed by atoms with Gasteiger partial charge in [0.2, 0.25) is 0 Å². The normalized spacial score (nSPS) is 13.6. The summed E-state index contributed by atoms with van der Waals surface area (Å²) in [6.45, 7) is 8.12. The number of ether oxygens (including phenoxy) is 1. The molecule has 1 N–H and O–H groups in total. The van der Waals surface area contributed by atoms with Crippen molar-refractivity contribution in [2.45, 2.75) is 64.2 Å². The number of rotatable bonds is 7. The van der Waals surface area contributed by atoms with Crippen LogP contribution in [0.2, 0.25) is 0 Å². The van der Waals surface area contributed by atoms with Crippen LogP contribution >= 0.6 is 0 Å². The Morgan fingerprint density at radius 3 is 1.97 bits per heavy atom. The number of hydrogen-bond acceptors (Lipinski definition) is 6. The molecular formula is C18H24F3NO7S. The van der Waals surface area contributed by atoms with Crippen molar-refractivity contribution in [3.8, 4) is 5.75 Å². The van der Waals surface area contributed by atoms with Crippen molar-refractivity contribution in [3.05, 3.63) is 29.8 Å². The van der Waals surface area contributed by atoms with Gasteiger partial charge < -0.3 is 14.0 Å². The molecule has 1 aromatic carbocycles. The van der Waals surface area contributed by atoms with Gasteiger partial charge in [0.15, 0.2) is 0 Å². The molecule has 1 rings (SSSR count). The molecule has 0 aliphatic rings. The Morgan fingerprint density at radius 2 is 1.60 bits per heavy atom. The highest BCUT2D eigenvalue weighted by Gasteiger charge is 2.48. The van der Waals surface area contributed by atoms with Gasteiger partial charge in [0.05, 0.1) is 0 Å². The number of carbonyl (C=O) groups is 2. The van der Waals surface area contributed by atoms with E-state index in [0.717, 1.165) is 17.0 Å². The van der Waals surface area contributed by atoms with E-state index in [1.54, 1.807) is 34.6 Å². The number of halogens is 3. The number of alkyl halides is 3. The van der Waals surface area contributed by atoms with Crippen molar-refractivity contribution < 1.29 is 45.2 Å². The third-order valence-electron chi connectivity index (χ3n) is 3.62. The summed E-state index contributed by atoms with van der Waals surface area (Å²) in [7, 11) is -5.82. The molecule has 0 aliphatic carbocycles. The third-order valence-corrected chi connectivity index (χ3v) is 4.60. The second-order valence-electron chi connectivity index (χ2n) is 7.67. The molecule has 0 spiro atoms. The highest BCUT2D eigenvalue weighted by atomic mass is 32.2. The minimum Gasteiger partial charge on any atom is -0.480 e. The van der Waals surface area contributed by atoms with E-state index in [9.17, 15) is 36.3 Å². The molecule has 1 aromatic rings. The van der Waals surface area contributed by atoms with Gasteiger partial charge >= 0.3 is 27.7 Å². The predicted octanol–water partition coefficient (Wildman–Crippen LogP) is 3.56. The fourth-order valence-electron chi connectivity index (χ4n) is 2.40. The molecule has 1 atom stereocenters. The number of carboxylic acid groups (broad SMARTS) is 1. The summed E-state index contributed by atoms with van der Waals surface area (Å²) in [5.74, 6) is -1.90. The molecule has 1 amide bonds. The summed E-state index contributed by atoms with van der Waals surface area (Å²) in [6, 6.07) is 2.50. The van der Waals surface area contributed by atoms with E-state index in [1.807, 2.05) is 0 Å². The van der Waals surface area contributed by atoms with Crippen LogP contribution in [0.25, 0.3) is 0 Å². The molecule has 0 bridgehead atoms. The quantitative estimate of drug-likeness (QED) is 0.494. The van der Waals surface area contributed by atoms with Crippen LogP contribution in [0.5, 0.6) is 5.75 Å². The summed E-state index contributed by atoms with van der Waals surface area (Å²) in [5, 5.41) is 9.62. The lowest BCUT2D eigenvalue weighted by Crippen LogP contribution is -2.51. The van der Waals surface area contributed by atoms with Gasteiger partial charge in [-0.1, -0.05) is 12.1 Å². The molecule has 0 aliphatic heterocycles. The Hall–Kier alpha value is -2.50. The van der Waals surface area contributed by atoms with Crippen molar-refractivity contribution in [2.24, 2.45) is 0 Å². The molecular weight excluding hydrogens is 431 g/mol. The van der Waals surface area contributed by atoms with E-state index in [2.05, 4.69) is 4.18 Å². The molecule has 0 saturated carbocycles. The highest BCUT2D eigenvalue weighted by molar-refractivity contribution is 7.88. The molecule has 0 saturated heterocycles. The van der Waals surface area contributed by atoms with Crippen LogP contribution in [0.3, 0.4) is 0 Å². The average Bonchev–Trinajstić information content (AvgIpc) is 2.52. The van der Waals surface area contributed by atoms with Crippen LogP contribution in [-0.4, -0.2) is 53.7 Å². The standard InChI is InChI=1S/C18H24F3NO7S/c1-11(2)22(16(25)28-17(3,4)5)14(15(23)24)10-12-6-8-13(9-7-12)29-30(26,27)18(19,20)21/h6-9,11,14H,10H2,1-5H3,(H,23,24)/t14-/m0/s1. The Morgan fingerprint density at radius 1 is 1.10 bits per heavy atom. The Kier molecular flexibility index (Phi) is 7.75. The van der Waals surface area contributed by atoms with Gasteiger partial charge in [-0.15, -0.1) is 0 Å². The maximum absolute atomic E-state index is 12.5. The monoisotopic (exact) mass is 455 g/mol. The number of nitrogens with zero attached hydrogens (tertiary/aromatic N) is 1. The van der Waals surface area contributed by atoms with Crippen LogP contribution in [0.1, 0.15) is 40.2 Å². The first-order chi connectivity index (χ1) is 13.4. The predicted molar refractivity (Wildman–Crippen MR) is 100 cm³/mol. The molecule has 30 heavy (non-hydrogen) atoms. The van der Waals surface area contributed by atoms with Crippen molar-refractivity contribution >= 4 is 22.2 Å². The number of benzene rings is 1. The minimum atomic E-state index is -5.82. The molecule has 170 valence electrons. The van der Waals surface area contributed by atoms with Crippen LogP contribution in [0.15, 0.2) is 24.3 Å². The highest BCUT2D eigenvalue weighted by Crippen LogP contribution is 2.27. The molecule has 0 fully saturated rings. The molecule has 0 radical (unpaired) electrons. The van der Waals surface area contributed by atoms with Gasteiger partial charge in [0, 0.05) is 12.5 Å². The van der Waals surface area contributed by atoms with E-state index in [0.29, 0.717) is 5.56 Å². The Balaban J connectivity index is 3.08. The Labute approximate surface area is 172 Å². The van der Waals surface area contributed by atoms with Crippen molar-refractivity contribution in [1.82, 2.24) is 4.90 Å². The zero-order valence-electron chi connectivity index (χ0n) is 17.1. The zero-order valence-corrected chi connectivity index (χ0v) is 17.9. The first-order valence-corrected chi connectivity index (χ1v) is 10.2. The summed E-state index contributed by atoms with van der Waals surface area (Å²) in [6.07, 6.45) is -1.03. The number of aliphatic carboxylic acids is 1. The molecule has 0 aromatic heterocycles. The molecule has 0 heterocycles. The van der Waals surface area contributed by atoms with E-state index < -0.39 is 51.1 Å². The van der Waals surface area contributed by atoms with E-state index in [1.165, 1.54) is 12.1 Å². The lowest BCUT2D eigenvalue weighted by atomic mass is 10.0. The van der Waals surface area contributed by atoms with Crippen molar-refractivity contribution in [3.63, 3.8) is 0 Å². The van der Waals surface area contributed by atoms with Crippen LogP contribution in [0.4, 0.5) is 18.0 Å². The van der Waals surface area contributed by atoms with E-state index >= 15 is 0 Å². The average molecular weight is 455 g/mol. The van der Waals surface area contributed by atoms with Crippen LogP contribution in [-0.2, 0) is 26.1 Å². The SMILES string of the molecule is CC(C)N(C(=O)OC(C)(C)C)[C@@H](Cc1ccc(OS(=O)(=O)C(F)(F)F)cc1)C(=O)O.